The lowest BCUT2D eigenvalue weighted by Gasteiger charge is -2.09. The molecular formula is C16H12ClF3N2O2S. The maximum atomic E-state index is 12.1. The van der Waals surface area contributed by atoms with Gasteiger partial charge in [0.1, 0.15) is 6.54 Å². The molecule has 2 N–H and O–H groups in total. The largest absolute Gasteiger partial charge is 0.405 e. The van der Waals surface area contributed by atoms with Gasteiger partial charge in [0, 0.05) is 22.2 Å². The molecule has 25 heavy (non-hydrogen) atoms. The fourth-order valence-corrected chi connectivity index (χ4v) is 2.74. The number of halogens is 4. The van der Waals surface area contributed by atoms with Crippen LogP contribution in [0.15, 0.2) is 42.5 Å². The first-order valence-corrected chi connectivity index (χ1v) is 8.12. The van der Waals surface area contributed by atoms with Crippen molar-refractivity contribution in [2.75, 3.05) is 11.9 Å². The van der Waals surface area contributed by atoms with Gasteiger partial charge < -0.3 is 10.6 Å². The number of hydrogen-bond donors (Lipinski definition) is 2. The number of benzene rings is 1. The molecule has 0 bridgehead atoms. The average molecular weight is 389 g/mol. The van der Waals surface area contributed by atoms with E-state index in [1.165, 1.54) is 41.7 Å². The van der Waals surface area contributed by atoms with E-state index < -0.39 is 24.5 Å². The third-order valence-electron chi connectivity index (χ3n) is 2.83. The molecule has 1 heterocycles. The molecule has 0 aliphatic rings. The molecule has 0 saturated carbocycles. The Hall–Kier alpha value is -2.32. The van der Waals surface area contributed by atoms with Crippen LogP contribution in [0.5, 0.6) is 0 Å². The van der Waals surface area contributed by atoms with Crippen LogP contribution in [0.3, 0.4) is 0 Å². The lowest BCUT2D eigenvalue weighted by Crippen LogP contribution is -2.33. The molecule has 132 valence electrons. The SMILES string of the molecule is O=C(/C=C/c1ccc(Cl)s1)Nc1cccc(C(=O)NCC(F)(F)F)c1. The second kappa shape index (κ2) is 8.17. The number of nitrogens with one attached hydrogen (secondary N) is 2. The molecule has 1 aromatic heterocycles. The Bertz CT molecular complexity index is 803. The summed E-state index contributed by atoms with van der Waals surface area (Å²) in [6.07, 6.45) is -1.62. The van der Waals surface area contributed by atoms with E-state index in [0.29, 0.717) is 10.0 Å². The zero-order chi connectivity index (χ0) is 18.4. The predicted molar refractivity (Wildman–Crippen MR) is 91.8 cm³/mol. The lowest BCUT2D eigenvalue weighted by molar-refractivity contribution is -0.123. The molecule has 2 amide bonds. The fraction of sp³-hybridized carbons (Fsp3) is 0.125. The first-order chi connectivity index (χ1) is 11.7. The molecular weight excluding hydrogens is 377 g/mol. The molecule has 2 rings (SSSR count). The van der Waals surface area contributed by atoms with Crippen LogP contribution < -0.4 is 10.6 Å². The van der Waals surface area contributed by atoms with Crippen molar-refractivity contribution in [3.63, 3.8) is 0 Å². The second-order valence-electron chi connectivity index (χ2n) is 4.84. The number of carbonyl (C=O) groups excluding carboxylic acids is 2. The molecule has 4 nitrogen and oxygen atoms in total. The van der Waals surface area contributed by atoms with Crippen LogP contribution in [0.1, 0.15) is 15.2 Å². The van der Waals surface area contributed by atoms with Crippen molar-refractivity contribution in [2.45, 2.75) is 6.18 Å². The van der Waals surface area contributed by atoms with Gasteiger partial charge in [0.15, 0.2) is 0 Å². The summed E-state index contributed by atoms with van der Waals surface area (Å²) in [5, 5.41) is 4.30. The summed E-state index contributed by atoms with van der Waals surface area (Å²) in [5.41, 5.74) is 0.301. The first kappa shape index (κ1) is 19.0. The highest BCUT2D eigenvalue weighted by atomic mass is 35.5. The van der Waals surface area contributed by atoms with Crippen LogP contribution in [0.25, 0.3) is 6.08 Å². The van der Waals surface area contributed by atoms with Crippen molar-refractivity contribution in [3.05, 3.63) is 57.3 Å². The van der Waals surface area contributed by atoms with Gasteiger partial charge in [0.05, 0.1) is 4.34 Å². The minimum absolute atomic E-state index is 0.0102. The molecule has 0 aliphatic heterocycles. The summed E-state index contributed by atoms with van der Waals surface area (Å²) in [5.74, 6) is -1.32. The van der Waals surface area contributed by atoms with Gasteiger partial charge in [-0.15, -0.1) is 11.3 Å². The molecule has 0 atom stereocenters. The molecule has 0 fully saturated rings. The summed E-state index contributed by atoms with van der Waals surface area (Å²) in [4.78, 5) is 24.3. The molecule has 1 aromatic carbocycles. The predicted octanol–water partition coefficient (Wildman–Crippen LogP) is 4.35. The summed E-state index contributed by atoms with van der Waals surface area (Å²) in [6.45, 7) is -1.42. The highest BCUT2D eigenvalue weighted by Crippen LogP contribution is 2.22. The normalized spacial score (nSPS) is 11.5. The van der Waals surface area contributed by atoms with E-state index in [4.69, 9.17) is 11.6 Å². The number of rotatable bonds is 5. The van der Waals surface area contributed by atoms with Crippen LogP contribution in [0.4, 0.5) is 18.9 Å². The zero-order valence-electron chi connectivity index (χ0n) is 12.6. The number of amides is 2. The van der Waals surface area contributed by atoms with Gasteiger partial charge in [-0.2, -0.15) is 13.2 Å². The highest BCUT2D eigenvalue weighted by Gasteiger charge is 2.27. The molecule has 0 unspecified atom stereocenters. The van der Waals surface area contributed by atoms with E-state index in [2.05, 4.69) is 5.32 Å². The number of carbonyl (C=O) groups is 2. The fourth-order valence-electron chi connectivity index (χ4n) is 1.78. The summed E-state index contributed by atoms with van der Waals surface area (Å²) < 4.78 is 37.0. The maximum Gasteiger partial charge on any atom is 0.405 e. The van der Waals surface area contributed by atoms with Gasteiger partial charge >= 0.3 is 6.18 Å². The van der Waals surface area contributed by atoms with E-state index >= 15 is 0 Å². The number of anilines is 1. The van der Waals surface area contributed by atoms with Crippen molar-refractivity contribution in [2.24, 2.45) is 0 Å². The van der Waals surface area contributed by atoms with Gasteiger partial charge in [-0.25, -0.2) is 0 Å². The van der Waals surface area contributed by atoms with Gasteiger partial charge in [-0.1, -0.05) is 17.7 Å². The summed E-state index contributed by atoms with van der Waals surface area (Å²) in [6, 6.07) is 9.08. The summed E-state index contributed by atoms with van der Waals surface area (Å²) >= 11 is 7.09. The highest BCUT2D eigenvalue weighted by molar-refractivity contribution is 7.17. The Morgan fingerprint density at radius 1 is 1.20 bits per heavy atom. The van der Waals surface area contributed by atoms with E-state index in [1.54, 1.807) is 23.5 Å². The van der Waals surface area contributed by atoms with Gasteiger partial charge in [-0.3, -0.25) is 9.59 Å². The van der Waals surface area contributed by atoms with E-state index in [-0.39, 0.29) is 5.56 Å². The average Bonchev–Trinajstić information content (AvgIpc) is 2.96. The van der Waals surface area contributed by atoms with Gasteiger partial charge in [0.25, 0.3) is 5.91 Å². The molecule has 0 radical (unpaired) electrons. The first-order valence-electron chi connectivity index (χ1n) is 6.92. The third-order valence-corrected chi connectivity index (χ3v) is 4.03. The Kier molecular flexibility index (Phi) is 6.22. The van der Waals surface area contributed by atoms with E-state index in [0.717, 1.165) is 4.88 Å². The van der Waals surface area contributed by atoms with Crippen LogP contribution in [0, 0.1) is 0 Å². The molecule has 9 heteroatoms. The van der Waals surface area contributed by atoms with Crippen molar-refractivity contribution < 1.29 is 22.8 Å². The van der Waals surface area contributed by atoms with Crippen LogP contribution in [-0.2, 0) is 4.79 Å². The van der Waals surface area contributed by atoms with Crippen molar-refractivity contribution in [1.82, 2.24) is 5.32 Å². The number of alkyl halides is 3. The third kappa shape index (κ3) is 6.60. The number of hydrogen-bond acceptors (Lipinski definition) is 3. The van der Waals surface area contributed by atoms with Crippen molar-refractivity contribution in [1.29, 1.82) is 0 Å². The van der Waals surface area contributed by atoms with Crippen LogP contribution in [0.2, 0.25) is 4.34 Å². The minimum Gasteiger partial charge on any atom is -0.343 e. The van der Waals surface area contributed by atoms with E-state index in [1.807, 2.05) is 0 Å². The van der Waals surface area contributed by atoms with Crippen molar-refractivity contribution in [3.8, 4) is 0 Å². The Morgan fingerprint density at radius 3 is 2.60 bits per heavy atom. The second-order valence-corrected chi connectivity index (χ2v) is 6.59. The monoisotopic (exact) mass is 388 g/mol. The van der Waals surface area contributed by atoms with E-state index in [9.17, 15) is 22.8 Å². The van der Waals surface area contributed by atoms with Gasteiger partial charge in [-0.05, 0) is 36.4 Å². The standard InChI is InChI=1S/C16H12ClF3N2O2S/c17-13-6-4-12(25-13)5-7-14(23)22-11-3-1-2-10(8-11)15(24)21-9-16(18,19)20/h1-8H,9H2,(H,21,24)(H,22,23)/b7-5+. The molecule has 0 aliphatic carbocycles. The summed E-state index contributed by atoms with van der Waals surface area (Å²) in [7, 11) is 0. The van der Waals surface area contributed by atoms with Gasteiger partial charge in [0.2, 0.25) is 5.91 Å². The lowest BCUT2D eigenvalue weighted by atomic mass is 10.2. The Morgan fingerprint density at radius 2 is 1.96 bits per heavy atom. The minimum atomic E-state index is -4.49. The quantitative estimate of drug-likeness (QED) is 0.748. The molecule has 0 spiro atoms. The van der Waals surface area contributed by atoms with Crippen LogP contribution >= 0.6 is 22.9 Å². The smallest absolute Gasteiger partial charge is 0.343 e. The van der Waals surface area contributed by atoms with Crippen LogP contribution in [-0.4, -0.2) is 24.5 Å². The number of thiophene rings is 1. The molecule has 0 saturated heterocycles. The Labute approximate surface area is 150 Å². The van der Waals surface area contributed by atoms with Crippen molar-refractivity contribution >= 4 is 46.5 Å². The Balaban J connectivity index is 1.97. The topological polar surface area (TPSA) is 58.2 Å². The zero-order valence-corrected chi connectivity index (χ0v) is 14.1. The molecule has 2 aromatic rings. The maximum absolute atomic E-state index is 12.1.